The number of carbonyl (C=O) groups is 2. The van der Waals surface area contributed by atoms with Crippen molar-refractivity contribution in [3.63, 3.8) is 0 Å². The summed E-state index contributed by atoms with van der Waals surface area (Å²) in [4.78, 5) is 31.7. The Morgan fingerprint density at radius 2 is 2.13 bits per heavy atom. The molecule has 0 aliphatic carbocycles. The molecule has 1 aromatic rings. The Kier molecular flexibility index (Phi) is 6.79. The summed E-state index contributed by atoms with van der Waals surface area (Å²) in [6.07, 6.45) is 2.05. The van der Waals surface area contributed by atoms with Gasteiger partial charge in [0.05, 0.1) is 11.9 Å². The second kappa shape index (κ2) is 8.83. The van der Waals surface area contributed by atoms with Crippen LogP contribution in [0.15, 0.2) is 11.2 Å². The molecule has 1 fully saturated rings. The Morgan fingerprint density at radius 1 is 1.39 bits per heavy atom. The van der Waals surface area contributed by atoms with Crippen LogP contribution in [-0.2, 0) is 19.1 Å². The molecule has 1 saturated heterocycles. The van der Waals surface area contributed by atoms with Gasteiger partial charge in [-0.3, -0.25) is 9.59 Å². The van der Waals surface area contributed by atoms with E-state index in [0.29, 0.717) is 11.7 Å². The van der Waals surface area contributed by atoms with Crippen LogP contribution in [0, 0.1) is 13.8 Å². The van der Waals surface area contributed by atoms with Crippen molar-refractivity contribution in [2.24, 2.45) is 0 Å². The first kappa shape index (κ1) is 17.7. The average Bonchev–Trinajstić information content (AvgIpc) is 3.01. The molecule has 2 heterocycles. The van der Waals surface area contributed by atoms with Crippen molar-refractivity contribution in [1.82, 2.24) is 15.3 Å². The summed E-state index contributed by atoms with van der Waals surface area (Å²) < 4.78 is 10.3. The molecule has 8 heteroatoms. The normalized spacial score (nSPS) is 17.0. The summed E-state index contributed by atoms with van der Waals surface area (Å²) >= 11 is 1.19. The zero-order chi connectivity index (χ0) is 16.7. The second-order valence-electron chi connectivity index (χ2n) is 5.32. The minimum absolute atomic E-state index is 0.0713. The number of aryl methyl sites for hydroxylation is 2. The fourth-order valence-corrected chi connectivity index (χ4v) is 2.90. The zero-order valence-electron chi connectivity index (χ0n) is 13.3. The first-order valence-electron chi connectivity index (χ1n) is 7.52. The molecule has 1 unspecified atom stereocenters. The molecule has 0 bridgehead atoms. The van der Waals surface area contributed by atoms with Gasteiger partial charge in [0.1, 0.15) is 0 Å². The maximum atomic E-state index is 11.6. The molecule has 1 N–H and O–H groups in total. The Labute approximate surface area is 139 Å². The summed E-state index contributed by atoms with van der Waals surface area (Å²) in [6.45, 7) is 4.67. The number of thioether (sulfide) groups is 1. The lowest BCUT2D eigenvalue weighted by atomic mass is 10.2. The van der Waals surface area contributed by atoms with Crippen molar-refractivity contribution >= 4 is 23.6 Å². The van der Waals surface area contributed by atoms with E-state index in [-0.39, 0.29) is 24.4 Å². The number of esters is 1. The van der Waals surface area contributed by atoms with Gasteiger partial charge >= 0.3 is 5.97 Å². The van der Waals surface area contributed by atoms with Crippen LogP contribution in [0.5, 0.6) is 0 Å². The van der Waals surface area contributed by atoms with Crippen LogP contribution in [0.3, 0.4) is 0 Å². The molecule has 1 aliphatic heterocycles. The highest BCUT2D eigenvalue weighted by Gasteiger charge is 2.16. The predicted molar refractivity (Wildman–Crippen MR) is 85.2 cm³/mol. The van der Waals surface area contributed by atoms with Crippen molar-refractivity contribution < 1.29 is 19.1 Å². The second-order valence-corrected chi connectivity index (χ2v) is 6.26. The van der Waals surface area contributed by atoms with Crippen molar-refractivity contribution in [1.29, 1.82) is 0 Å². The van der Waals surface area contributed by atoms with Crippen LogP contribution in [0.2, 0.25) is 0 Å². The van der Waals surface area contributed by atoms with Crippen LogP contribution in [-0.4, -0.2) is 53.5 Å². The standard InChI is InChI=1S/C15H21N3O4S/c1-10-6-11(2)18-15(17-10)23-9-14(20)22-8-13(19)16-7-12-4-3-5-21-12/h6,12H,3-5,7-9H2,1-2H3,(H,16,19). The van der Waals surface area contributed by atoms with Crippen LogP contribution in [0.25, 0.3) is 0 Å². The third kappa shape index (κ3) is 6.54. The molecule has 1 amide bonds. The monoisotopic (exact) mass is 339 g/mol. The van der Waals surface area contributed by atoms with Crippen LogP contribution in [0.1, 0.15) is 24.2 Å². The summed E-state index contributed by atoms with van der Waals surface area (Å²) in [7, 11) is 0. The summed E-state index contributed by atoms with van der Waals surface area (Å²) in [5.41, 5.74) is 1.70. The van der Waals surface area contributed by atoms with Crippen molar-refractivity contribution in [3.8, 4) is 0 Å². The Bertz CT molecular complexity index is 541. The molecule has 1 aliphatic rings. The Balaban J connectivity index is 1.63. The molecule has 0 aromatic carbocycles. The smallest absolute Gasteiger partial charge is 0.316 e. The Hall–Kier alpha value is -1.67. The number of ether oxygens (including phenoxy) is 2. The topological polar surface area (TPSA) is 90.4 Å². The van der Waals surface area contributed by atoms with Crippen LogP contribution in [0.4, 0.5) is 0 Å². The molecule has 2 rings (SSSR count). The maximum absolute atomic E-state index is 11.6. The SMILES string of the molecule is Cc1cc(C)nc(SCC(=O)OCC(=O)NCC2CCCO2)n1. The number of nitrogens with zero attached hydrogens (tertiary/aromatic N) is 2. The molecule has 0 saturated carbocycles. The minimum Gasteiger partial charge on any atom is -0.455 e. The fourth-order valence-electron chi connectivity index (χ4n) is 2.15. The van der Waals surface area contributed by atoms with E-state index in [9.17, 15) is 9.59 Å². The maximum Gasteiger partial charge on any atom is 0.316 e. The summed E-state index contributed by atoms with van der Waals surface area (Å²) in [5, 5.41) is 3.23. The molecule has 0 spiro atoms. The van der Waals surface area contributed by atoms with Gasteiger partial charge in [0.25, 0.3) is 5.91 Å². The lowest BCUT2D eigenvalue weighted by Crippen LogP contribution is -2.35. The highest BCUT2D eigenvalue weighted by Crippen LogP contribution is 2.14. The number of rotatable bonds is 7. The van der Waals surface area contributed by atoms with Crippen LogP contribution >= 0.6 is 11.8 Å². The zero-order valence-corrected chi connectivity index (χ0v) is 14.1. The highest BCUT2D eigenvalue weighted by molar-refractivity contribution is 7.99. The molecule has 126 valence electrons. The van der Waals surface area contributed by atoms with Gasteiger partial charge in [-0.05, 0) is 32.8 Å². The number of hydrogen-bond acceptors (Lipinski definition) is 7. The summed E-state index contributed by atoms with van der Waals surface area (Å²) in [6, 6.07) is 1.86. The Morgan fingerprint density at radius 3 is 2.78 bits per heavy atom. The molecule has 7 nitrogen and oxygen atoms in total. The van der Waals surface area contributed by atoms with E-state index >= 15 is 0 Å². The molecule has 1 atom stereocenters. The lowest BCUT2D eigenvalue weighted by Gasteiger charge is -2.10. The van der Waals surface area contributed by atoms with E-state index in [0.717, 1.165) is 30.8 Å². The third-order valence-corrected chi connectivity index (χ3v) is 4.02. The average molecular weight is 339 g/mol. The quantitative estimate of drug-likeness (QED) is 0.450. The van der Waals surface area contributed by atoms with Gasteiger partial charge in [0.15, 0.2) is 11.8 Å². The van der Waals surface area contributed by atoms with Gasteiger partial charge in [0, 0.05) is 24.5 Å². The third-order valence-electron chi connectivity index (χ3n) is 3.20. The van der Waals surface area contributed by atoms with Crippen LogP contribution < -0.4 is 5.32 Å². The van der Waals surface area contributed by atoms with E-state index < -0.39 is 5.97 Å². The number of aromatic nitrogens is 2. The van der Waals surface area contributed by atoms with Gasteiger partial charge in [0.2, 0.25) is 0 Å². The molecule has 23 heavy (non-hydrogen) atoms. The van der Waals surface area contributed by atoms with Gasteiger partial charge in [-0.25, -0.2) is 9.97 Å². The van der Waals surface area contributed by atoms with Crippen molar-refractivity contribution in [2.75, 3.05) is 25.5 Å². The van der Waals surface area contributed by atoms with E-state index in [1.54, 1.807) is 0 Å². The number of amides is 1. The lowest BCUT2D eigenvalue weighted by molar-refractivity contribution is -0.146. The van der Waals surface area contributed by atoms with Gasteiger partial charge in [-0.2, -0.15) is 0 Å². The highest BCUT2D eigenvalue weighted by atomic mass is 32.2. The van der Waals surface area contributed by atoms with Gasteiger partial charge < -0.3 is 14.8 Å². The van der Waals surface area contributed by atoms with Gasteiger partial charge in [-0.15, -0.1) is 0 Å². The first-order valence-corrected chi connectivity index (χ1v) is 8.50. The van der Waals surface area contributed by atoms with Crippen molar-refractivity contribution in [2.45, 2.75) is 37.9 Å². The fraction of sp³-hybridized carbons (Fsp3) is 0.600. The number of hydrogen-bond donors (Lipinski definition) is 1. The number of carbonyl (C=O) groups excluding carboxylic acids is 2. The van der Waals surface area contributed by atoms with E-state index in [1.165, 1.54) is 11.8 Å². The van der Waals surface area contributed by atoms with Gasteiger partial charge in [-0.1, -0.05) is 11.8 Å². The number of nitrogens with one attached hydrogen (secondary N) is 1. The molecule has 0 radical (unpaired) electrons. The van der Waals surface area contributed by atoms with E-state index in [1.807, 2.05) is 19.9 Å². The summed E-state index contributed by atoms with van der Waals surface area (Å²) in [5.74, 6) is -0.714. The largest absolute Gasteiger partial charge is 0.455 e. The molecule has 1 aromatic heterocycles. The van der Waals surface area contributed by atoms with E-state index in [2.05, 4.69) is 15.3 Å². The first-order chi connectivity index (χ1) is 11.0. The van der Waals surface area contributed by atoms with Crippen molar-refractivity contribution in [3.05, 3.63) is 17.5 Å². The van der Waals surface area contributed by atoms with E-state index in [4.69, 9.17) is 9.47 Å². The molecular weight excluding hydrogens is 318 g/mol. The molecular formula is C15H21N3O4S. The predicted octanol–water partition coefficient (Wildman–Crippen LogP) is 1.02. The minimum atomic E-state index is -0.468.